The molecule has 1 N–H and O–H groups in total. The van der Waals surface area contributed by atoms with Crippen molar-refractivity contribution in [3.8, 4) is 11.4 Å². The van der Waals surface area contributed by atoms with Crippen LogP contribution in [0, 0.1) is 11.6 Å². The number of benzene rings is 2. The van der Waals surface area contributed by atoms with E-state index in [1.165, 1.54) is 6.07 Å². The predicted molar refractivity (Wildman–Crippen MR) is 148 cm³/mol. The molecular weight excluding hydrogens is 531 g/mol. The number of likely N-dealkylation sites (N-methyl/N-ethyl adjacent to an activating group) is 1. The lowest BCUT2D eigenvalue weighted by Gasteiger charge is -2.32. The molecule has 200 valence electrons. The fourth-order valence-electron chi connectivity index (χ4n) is 4.63. The first-order valence-corrected chi connectivity index (χ1v) is 13.4. The second kappa shape index (κ2) is 11.9. The van der Waals surface area contributed by atoms with E-state index >= 15 is 0 Å². The number of aromatic nitrogens is 4. The lowest BCUT2D eigenvalue weighted by atomic mass is 10.2. The highest BCUT2D eigenvalue weighted by atomic mass is 35.5. The molecule has 0 saturated carbocycles. The number of rotatable bonds is 9. The van der Waals surface area contributed by atoms with E-state index in [0.29, 0.717) is 50.7 Å². The molecule has 0 amide bonds. The maximum atomic E-state index is 13.6. The van der Waals surface area contributed by atoms with Crippen molar-refractivity contribution in [3.63, 3.8) is 0 Å². The van der Waals surface area contributed by atoms with Crippen molar-refractivity contribution in [2.24, 2.45) is 0 Å². The van der Waals surface area contributed by atoms with E-state index in [1.807, 2.05) is 4.57 Å². The van der Waals surface area contributed by atoms with Crippen LogP contribution in [0.1, 0.15) is 18.4 Å². The summed E-state index contributed by atoms with van der Waals surface area (Å²) >= 11 is 13.1. The Morgan fingerprint density at radius 3 is 2.39 bits per heavy atom. The Bertz CT molecular complexity index is 1400. The van der Waals surface area contributed by atoms with E-state index in [1.54, 1.807) is 24.4 Å². The summed E-state index contributed by atoms with van der Waals surface area (Å²) in [7, 11) is 2.16. The number of nitrogens with one attached hydrogen (secondary N) is 1. The number of nitrogens with zero attached hydrogens (tertiary/aromatic N) is 6. The summed E-state index contributed by atoms with van der Waals surface area (Å²) in [5.74, 6) is -0.773. The third-order valence-electron chi connectivity index (χ3n) is 6.81. The van der Waals surface area contributed by atoms with E-state index in [0.717, 1.165) is 57.7 Å². The molecule has 5 rings (SSSR count). The Balaban J connectivity index is 1.39. The van der Waals surface area contributed by atoms with Crippen molar-refractivity contribution in [1.82, 2.24) is 29.3 Å². The van der Waals surface area contributed by atoms with Gasteiger partial charge in [-0.1, -0.05) is 35.3 Å². The van der Waals surface area contributed by atoms with E-state index in [2.05, 4.69) is 27.1 Å². The molecule has 1 aliphatic rings. The van der Waals surface area contributed by atoms with Crippen molar-refractivity contribution >= 4 is 40.3 Å². The Hall–Kier alpha value is -2.85. The van der Waals surface area contributed by atoms with E-state index < -0.39 is 11.6 Å². The quantitative estimate of drug-likeness (QED) is 0.265. The number of unbranched alkanes of at least 4 members (excludes halogenated alkanes) is 1. The molecule has 1 aliphatic heterocycles. The molecule has 1 fully saturated rings. The van der Waals surface area contributed by atoms with Crippen molar-refractivity contribution in [2.75, 3.05) is 45.1 Å². The molecule has 1 saturated heterocycles. The molecular formula is C27H29Cl2F2N7. The fourth-order valence-corrected chi connectivity index (χ4v) is 5.19. The van der Waals surface area contributed by atoms with Crippen LogP contribution in [0.4, 0.5) is 14.7 Å². The zero-order valence-electron chi connectivity index (χ0n) is 21.1. The number of hydrogen-bond acceptors (Lipinski definition) is 6. The minimum absolute atomic E-state index is 0.241. The normalized spacial score (nSPS) is 14.9. The number of fused-ring (bicyclic) bond motifs is 1. The molecule has 4 aromatic rings. The van der Waals surface area contributed by atoms with Crippen LogP contribution in [-0.2, 0) is 13.1 Å². The molecule has 2 aromatic carbocycles. The Kier molecular flexibility index (Phi) is 8.38. The Morgan fingerprint density at radius 1 is 0.921 bits per heavy atom. The fraction of sp³-hybridized carbons (Fsp3) is 0.370. The molecule has 11 heteroatoms. The third kappa shape index (κ3) is 6.07. The topological polar surface area (TPSA) is 62.1 Å². The Morgan fingerprint density at radius 2 is 1.66 bits per heavy atom. The van der Waals surface area contributed by atoms with Crippen LogP contribution in [0.5, 0.6) is 0 Å². The smallest absolute Gasteiger partial charge is 0.225 e. The van der Waals surface area contributed by atoms with Crippen LogP contribution in [0.3, 0.4) is 0 Å². The molecule has 0 unspecified atom stereocenters. The highest BCUT2D eigenvalue weighted by Gasteiger charge is 2.20. The number of aryl methyl sites for hydroxylation is 1. The number of anilines is 1. The molecule has 2 aromatic heterocycles. The van der Waals surface area contributed by atoms with Crippen LogP contribution >= 0.6 is 23.2 Å². The van der Waals surface area contributed by atoms with Gasteiger partial charge in [0.2, 0.25) is 5.95 Å². The van der Waals surface area contributed by atoms with Crippen LogP contribution in [0.2, 0.25) is 10.0 Å². The van der Waals surface area contributed by atoms with Crippen molar-refractivity contribution in [1.29, 1.82) is 0 Å². The Labute approximate surface area is 230 Å². The van der Waals surface area contributed by atoms with Gasteiger partial charge >= 0.3 is 0 Å². The third-order valence-corrected chi connectivity index (χ3v) is 7.44. The predicted octanol–water partition coefficient (Wildman–Crippen LogP) is 5.72. The number of hydrogen-bond donors (Lipinski definition) is 1. The summed E-state index contributed by atoms with van der Waals surface area (Å²) < 4.78 is 28.9. The van der Waals surface area contributed by atoms with Crippen LogP contribution < -0.4 is 5.32 Å². The molecule has 0 radical (unpaired) electrons. The van der Waals surface area contributed by atoms with Gasteiger partial charge in [-0.3, -0.25) is 0 Å². The highest BCUT2D eigenvalue weighted by molar-refractivity contribution is 6.39. The van der Waals surface area contributed by atoms with Crippen LogP contribution in [0.15, 0.2) is 42.6 Å². The van der Waals surface area contributed by atoms with Crippen LogP contribution in [0.25, 0.3) is 22.6 Å². The van der Waals surface area contributed by atoms with Gasteiger partial charge in [-0.25, -0.2) is 18.7 Å². The first kappa shape index (κ1) is 26.7. The first-order chi connectivity index (χ1) is 18.4. The summed E-state index contributed by atoms with van der Waals surface area (Å²) in [6, 6.07) is 9.17. The van der Waals surface area contributed by atoms with Gasteiger partial charge in [0.1, 0.15) is 11.3 Å². The standard InChI is InChI=1S/C27H29Cl2F2N7/c1-36-11-13-37(14-12-36)9-2-3-10-38-25-23(34-26(38)24-19(28)5-4-6-20(24)29)17-33-27(35-25)32-16-18-7-8-21(30)22(31)15-18/h4-8,15,17H,2-3,9-14,16H2,1H3,(H,32,33,35). The summed E-state index contributed by atoms with van der Waals surface area (Å²) in [4.78, 5) is 18.7. The largest absolute Gasteiger partial charge is 0.350 e. The average molecular weight is 560 g/mol. The van der Waals surface area contributed by atoms with Gasteiger partial charge in [0.05, 0.1) is 21.8 Å². The summed E-state index contributed by atoms with van der Waals surface area (Å²) in [5.41, 5.74) is 2.50. The maximum absolute atomic E-state index is 13.6. The zero-order chi connectivity index (χ0) is 26.6. The van der Waals surface area contributed by atoms with E-state index in [9.17, 15) is 8.78 Å². The van der Waals surface area contributed by atoms with E-state index in [-0.39, 0.29) is 6.54 Å². The van der Waals surface area contributed by atoms with Gasteiger partial charge in [0, 0.05) is 39.3 Å². The molecule has 38 heavy (non-hydrogen) atoms. The monoisotopic (exact) mass is 559 g/mol. The molecule has 0 aliphatic carbocycles. The van der Waals surface area contributed by atoms with Gasteiger partial charge in [0.15, 0.2) is 17.3 Å². The molecule has 3 heterocycles. The van der Waals surface area contributed by atoms with Gasteiger partial charge in [-0.05, 0) is 56.3 Å². The molecule has 7 nitrogen and oxygen atoms in total. The second-order valence-corrected chi connectivity index (χ2v) is 10.4. The van der Waals surface area contributed by atoms with Crippen molar-refractivity contribution < 1.29 is 8.78 Å². The minimum atomic E-state index is -0.892. The minimum Gasteiger partial charge on any atom is -0.350 e. The van der Waals surface area contributed by atoms with Crippen molar-refractivity contribution in [2.45, 2.75) is 25.9 Å². The van der Waals surface area contributed by atoms with E-state index in [4.69, 9.17) is 33.2 Å². The first-order valence-electron chi connectivity index (χ1n) is 12.7. The van der Waals surface area contributed by atoms with Gasteiger partial charge in [-0.15, -0.1) is 0 Å². The number of piperazine rings is 1. The average Bonchev–Trinajstić information content (AvgIpc) is 3.25. The number of halogens is 4. The zero-order valence-corrected chi connectivity index (χ0v) is 22.6. The van der Waals surface area contributed by atoms with Gasteiger partial charge in [-0.2, -0.15) is 4.98 Å². The molecule has 0 bridgehead atoms. The maximum Gasteiger partial charge on any atom is 0.225 e. The van der Waals surface area contributed by atoms with Crippen molar-refractivity contribution in [3.05, 3.63) is 69.8 Å². The van der Waals surface area contributed by atoms with Crippen LogP contribution in [-0.4, -0.2) is 69.1 Å². The molecule has 0 spiro atoms. The summed E-state index contributed by atoms with van der Waals surface area (Å²) in [6.45, 7) is 6.33. The lowest BCUT2D eigenvalue weighted by Crippen LogP contribution is -2.44. The second-order valence-electron chi connectivity index (χ2n) is 9.54. The lowest BCUT2D eigenvalue weighted by molar-refractivity contribution is 0.152. The summed E-state index contributed by atoms with van der Waals surface area (Å²) in [6.07, 6.45) is 3.60. The van der Waals surface area contributed by atoms with Gasteiger partial charge in [0.25, 0.3) is 0 Å². The van der Waals surface area contributed by atoms with Gasteiger partial charge < -0.3 is 19.7 Å². The highest BCUT2D eigenvalue weighted by Crippen LogP contribution is 2.35. The summed E-state index contributed by atoms with van der Waals surface area (Å²) in [5, 5.41) is 4.12. The molecule has 0 atom stereocenters. The SMILES string of the molecule is CN1CCN(CCCCn2c(-c3c(Cl)cccc3Cl)nc3cnc(NCc4ccc(F)c(F)c4)nc32)CC1. The number of imidazole rings is 1.